The quantitative estimate of drug-likeness (QED) is 0.684. The number of amides is 1. The van der Waals surface area contributed by atoms with Gasteiger partial charge in [-0.25, -0.2) is 4.79 Å². The summed E-state index contributed by atoms with van der Waals surface area (Å²) >= 11 is 6.21. The molecule has 3 rings (SSSR count). The summed E-state index contributed by atoms with van der Waals surface area (Å²) in [5.74, 6) is 0.862. The lowest BCUT2D eigenvalue weighted by Gasteiger charge is -2.41. The highest BCUT2D eigenvalue weighted by Gasteiger charge is 2.37. The molecule has 2 saturated heterocycles. The number of piperazine rings is 1. The maximum Gasteiger partial charge on any atom is 0.410 e. The Hall–Kier alpha value is -1.66. The van der Waals surface area contributed by atoms with E-state index < -0.39 is 0 Å². The van der Waals surface area contributed by atoms with Crippen LogP contribution in [0.5, 0.6) is 5.75 Å². The van der Waals surface area contributed by atoms with Gasteiger partial charge in [-0.05, 0) is 58.2 Å². The Bertz CT molecular complexity index is 694. The highest BCUT2D eigenvalue weighted by atomic mass is 35.5. The van der Waals surface area contributed by atoms with Crippen LogP contribution in [0.15, 0.2) is 18.2 Å². The second kappa shape index (κ2) is 9.90. The van der Waals surface area contributed by atoms with Gasteiger partial charge in [0.25, 0.3) is 0 Å². The Kier molecular flexibility index (Phi) is 7.52. The van der Waals surface area contributed by atoms with Crippen LogP contribution in [0.3, 0.4) is 0 Å². The Morgan fingerprint density at radius 2 is 1.97 bits per heavy atom. The molecule has 2 fully saturated rings. The van der Waals surface area contributed by atoms with Crippen molar-refractivity contribution in [2.45, 2.75) is 58.2 Å². The van der Waals surface area contributed by atoms with Crippen LogP contribution in [0.4, 0.5) is 10.5 Å². The number of likely N-dealkylation sites (tertiary alicyclic amines) is 1. The van der Waals surface area contributed by atoms with Crippen molar-refractivity contribution >= 4 is 23.4 Å². The monoisotopic (exact) mass is 423 g/mol. The van der Waals surface area contributed by atoms with Gasteiger partial charge in [0.05, 0.1) is 19.4 Å². The molecule has 0 N–H and O–H groups in total. The molecule has 2 aliphatic heterocycles. The van der Waals surface area contributed by atoms with Crippen molar-refractivity contribution in [2.24, 2.45) is 0 Å². The third kappa shape index (κ3) is 5.10. The molecule has 1 amide bonds. The SMILES string of the molecule is CCOC(=O)N1C(C)CCC1CC(C)N1CCN(c2cc(Cl)ccc2OC)CC1. The molecular formula is C22H34ClN3O3. The number of ether oxygens (including phenoxy) is 2. The number of hydrogen-bond acceptors (Lipinski definition) is 5. The van der Waals surface area contributed by atoms with E-state index in [2.05, 4.69) is 23.6 Å². The summed E-state index contributed by atoms with van der Waals surface area (Å²) in [6.45, 7) is 10.5. The number of carbonyl (C=O) groups is 1. The maximum atomic E-state index is 12.4. The lowest BCUT2D eigenvalue weighted by Crippen LogP contribution is -2.51. The molecule has 0 spiro atoms. The first kappa shape index (κ1) is 22.0. The maximum absolute atomic E-state index is 12.4. The zero-order valence-electron chi connectivity index (χ0n) is 18.1. The minimum absolute atomic E-state index is 0.160. The molecule has 1 aromatic carbocycles. The van der Waals surface area contributed by atoms with E-state index in [9.17, 15) is 4.79 Å². The van der Waals surface area contributed by atoms with Crippen molar-refractivity contribution in [1.82, 2.24) is 9.80 Å². The predicted molar refractivity (Wildman–Crippen MR) is 117 cm³/mol. The van der Waals surface area contributed by atoms with Gasteiger partial charge in [0.1, 0.15) is 5.75 Å². The largest absolute Gasteiger partial charge is 0.495 e. The zero-order valence-corrected chi connectivity index (χ0v) is 18.8. The normalized spacial score (nSPS) is 23.9. The topological polar surface area (TPSA) is 45.2 Å². The summed E-state index contributed by atoms with van der Waals surface area (Å²) in [6, 6.07) is 6.73. The van der Waals surface area contributed by atoms with Gasteiger partial charge in [-0.2, -0.15) is 0 Å². The van der Waals surface area contributed by atoms with E-state index in [0.29, 0.717) is 12.6 Å². The fraction of sp³-hybridized carbons (Fsp3) is 0.682. The van der Waals surface area contributed by atoms with Crippen LogP contribution in [-0.4, -0.2) is 73.9 Å². The van der Waals surface area contributed by atoms with Crippen LogP contribution in [-0.2, 0) is 4.74 Å². The zero-order chi connectivity index (χ0) is 21.0. The van der Waals surface area contributed by atoms with E-state index in [1.165, 1.54) is 0 Å². The summed E-state index contributed by atoms with van der Waals surface area (Å²) in [5, 5.41) is 0.728. The molecule has 3 unspecified atom stereocenters. The third-order valence-electron chi connectivity index (χ3n) is 6.30. The minimum Gasteiger partial charge on any atom is -0.495 e. The molecule has 1 aromatic rings. The molecule has 0 aliphatic carbocycles. The Morgan fingerprint density at radius 3 is 2.62 bits per heavy atom. The number of anilines is 1. The molecule has 0 saturated carbocycles. The number of hydrogen-bond donors (Lipinski definition) is 0. The van der Waals surface area contributed by atoms with E-state index in [1.807, 2.05) is 30.0 Å². The molecule has 3 atom stereocenters. The second-order valence-electron chi connectivity index (χ2n) is 8.11. The smallest absolute Gasteiger partial charge is 0.410 e. The van der Waals surface area contributed by atoms with Gasteiger partial charge in [-0.3, -0.25) is 4.90 Å². The van der Waals surface area contributed by atoms with Crippen LogP contribution in [0.25, 0.3) is 0 Å². The van der Waals surface area contributed by atoms with Crippen LogP contribution >= 0.6 is 11.6 Å². The first-order chi connectivity index (χ1) is 13.9. The molecule has 29 heavy (non-hydrogen) atoms. The number of carbonyl (C=O) groups excluding carboxylic acids is 1. The average Bonchev–Trinajstić information content (AvgIpc) is 3.08. The third-order valence-corrected chi connectivity index (χ3v) is 6.53. The minimum atomic E-state index is -0.160. The number of halogens is 1. The molecule has 0 radical (unpaired) electrons. The summed E-state index contributed by atoms with van der Waals surface area (Å²) < 4.78 is 10.8. The van der Waals surface area contributed by atoms with E-state index in [1.54, 1.807) is 7.11 Å². The fourth-order valence-electron chi connectivity index (χ4n) is 4.69. The number of rotatable bonds is 6. The van der Waals surface area contributed by atoms with Gasteiger partial charge in [-0.1, -0.05) is 11.6 Å². The van der Waals surface area contributed by atoms with Crippen molar-refractivity contribution in [1.29, 1.82) is 0 Å². The molecular weight excluding hydrogens is 390 g/mol. The van der Waals surface area contributed by atoms with Gasteiger partial charge >= 0.3 is 6.09 Å². The second-order valence-corrected chi connectivity index (χ2v) is 8.55. The summed E-state index contributed by atoms with van der Waals surface area (Å²) in [6.07, 6.45) is 2.94. The summed E-state index contributed by atoms with van der Waals surface area (Å²) in [4.78, 5) is 19.2. The molecule has 0 aromatic heterocycles. The first-order valence-electron chi connectivity index (χ1n) is 10.7. The van der Waals surface area contributed by atoms with Gasteiger partial charge in [0.2, 0.25) is 0 Å². The molecule has 7 heteroatoms. The van der Waals surface area contributed by atoms with Crippen LogP contribution < -0.4 is 9.64 Å². The van der Waals surface area contributed by atoms with Crippen molar-refractivity contribution in [3.05, 3.63) is 23.2 Å². The first-order valence-corrected chi connectivity index (χ1v) is 11.1. The van der Waals surface area contributed by atoms with Crippen molar-refractivity contribution in [3.8, 4) is 5.75 Å². The highest BCUT2D eigenvalue weighted by Crippen LogP contribution is 2.33. The van der Waals surface area contributed by atoms with Crippen LogP contribution in [0, 0.1) is 0 Å². The molecule has 2 heterocycles. The van der Waals surface area contributed by atoms with Crippen LogP contribution in [0.1, 0.15) is 40.0 Å². The molecule has 0 bridgehead atoms. The number of nitrogens with zero attached hydrogens (tertiary/aromatic N) is 3. The van der Waals surface area contributed by atoms with Crippen molar-refractivity contribution < 1.29 is 14.3 Å². The Balaban J connectivity index is 1.57. The number of benzene rings is 1. The fourth-order valence-corrected chi connectivity index (χ4v) is 4.85. The number of methoxy groups -OCH3 is 1. The average molecular weight is 424 g/mol. The van der Waals surface area contributed by atoms with E-state index in [-0.39, 0.29) is 18.2 Å². The Labute approximate surface area is 179 Å². The standard InChI is InChI=1S/C22H34ClN3O3/c1-5-29-22(27)26-16(2)6-8-19(26)14-17(3)24-10-12-25(13-11-24)20-15-18(23)7-9-21(20)28-4/h7,9,15-17,19H,5-6,8,10-14H2,1-4H3. The van der Waals surface area contributed by atoms with Crippen LogP contribution in [0.2, 0.25) is 5.02 Å². The molecule has 2 aliphatic rings. The van der Waals surface area contributed by atoms with Gasteiger partial charge in [0, 0.05) is 49.3 Å². The lowest BCUT2D eigenvalue weighted by molar-refractivity contribution is 0.0801. The van der Waals surface area contributed by atoms with Gasteiger partial charge in [0.15, 0.2) is 0 Å². The van der Waals surface area contributed by atoms with E-state index in [4.69, 9.17) is 21.1 Å². The van der Waals surface area contributed by atoms with Gasteiger partial charge < -0.3 is 19.3 Å². The van der Waals surface area contributed by atoms with Gasteiger partial charge in [-0.15, -0.1) is 0 Å². The summed E-state index contributed by atoms with van der Waals surface area (Å²) in [7, 11) is 1.70. The Morgan fingerprint density at radius 1 is 1.24 bits per heavy atom. The lowest BCUT2D eigenvalue weighted by atomic mass is 10.0. The predicted octanol–water partition coefficient (Wildman–Crippen LogP) is 4.26. The summed E-state index contributed by atoms with van der Waals surface area (Å²) in [5.41, 5.74) is 1.06. The van der Waals surface area contributed by atoms with Crippen molar-refractivity contribution in [3.63, 3.8) is 0 Å². The van der Waals surface area contributed by atoms with E-state index >= 15 is 0 Å². The highest BCUT2D eigenvalue weighted by molar-refractivity contribution is 6.30. The molecule has 6 nitrogen and oxygen atoms in total. The van der Waals surface area contributed by atoms with Crippen molar-refractivity contribution in [2.75, 3.05) is 44.8 Å². The van der Waals surface area contributed by atoms with E-state index in [0.717, 1.165) is 61.9 Å². The molecule has 162 valence electrons.